The van der Waals surface area contributed by atoms with Crippen LogP contribution in [0.1, 0.15) is 31.2 Å². The van der Waals surface area contributed by atoms with Crippen LogP contribution in [-0.2, 0) is 13.5 Å². The van der Waals surface area contributed by atoms with E-state index in [1.807, 2.05) is 0 Å². The molecule has 1 aliphatic carbocycles. The van der Waals surface area contributed by atoms with Gasteiger partial charge in [0.15, 0.2) is 0 Å². The van der Waals surface area contributed by atoms with E-state index in [2.05, 4.69) is 17.3 Å². The maximum absolute atomic E-state index is 11.1. The average molecular weight is 252 g/mol. The lowest BCUT2D eigenvalue weighted by Gasteiger charge is -2.16. The molecular weight excluding hydrogens is 232 g/mol. The number of nitrogens with zero attached hydrogens (tertiary/aromatic N) is 3. The van der Waals surface area contributed by atoms with E-state index in [1.54, 1.807) is 18.7 Å². The summed E-state index contributed by atoms with van der Waals surface area (Å²) >= 11 is 0. The molecule has 1 unspecified atom stereocenters. The van der Waals surface area contributed by atoms with E-state index in [0.29, 0.717) is 24.1 Å². The largest absolute Gasteiger partial charge is 0.314 e. The molecule has 6 nitrogen and oxygen atoms in total. The summed E-state index contributed by atoms with van der Waals surface area (Å²) in [6.07, 6.45) is 3.14. The number of aromatic nitrogens is 2. The van der Waals surface area contributed by atoms with Crippen LogP contribution < -0.4 is 5.32 Å². The second-order valence-corrected chi connectivity index (χ2v) is 4.97. The van der Waals surface area contributed by atoms with E-state index in [1.165, 1.54) is 12.8 Å². The first kappa shape index (κ1) is 13.0. The summed E-state index contributed by atoms with van der Waals surface area (Å²) in [5.74, 6) is 0.666. The average Bonchev–Trinajstić information content (AvgIpc) is 3.06. The van der Waals surface area contributed by atoms with Gasteiger partial charge in [0, 0.05) is 19.5 Å². The minimum atomic E-state index is -0.312. The second-order valence-electron chi connectivity index (χ2n) is 4.97. The highest BCUT2D eigenvalue weighted by atomic mass is 16.6. The van der Waals surface area contributed by atoms with Gasteiger partial charge in [0.2, 0.25) is 0 Å². The van der Waals surface area contributed by atoms with Crippen molar-refractivity contribution < 1.29 is 4.92 Å². The van der Waals surface area contributed by atoms with Gasteiger partial charge in [-0.3, -0.25) is 14.8 Å². The fraction of sp³-hybridized carbons (Fsp3) is 0.750. The van der Waals surface area contributed by atoms with Crippen LogP contribution in [0.2, 0.25) is 0 Å². The lowest BCUT2D eigenvalue weighted by atomic mass is 10.1. The molecule has 100 valence electrons. The van der Waals surface area contributed by atoms with E-state index in [9.17, 15) is 10.1 Å². The Hall–Kier alpha value is -1.43. The van der Waals surface area contributed by atoms with Crippen molar-refractivity contribution in [1.82, 2.24) is 15.1 Å². The summed E-state index contributed by atoms with van der Waals surface area (Å²) in [6.45, 7) is 4.66. The molecule has 0 amide bonds. The molecule has 2 rings (SSSR count). The van der Waals surface area contributed by atoms with Gasteiger partial charge in [-0.15, -0.1) is 0 Å². The Morgan fingerprint density at radius 1 is 1.61 bits per heavy atom. The third-order valence-electron chi connectivity index (χ3n) is 3.56. The lowest BCUT2D eigenvalue weighted by Crippen LogP contribution is -2.33. The van der Waals surface area contributed by atoms with Crippen molar-refractivity contribution in [3.63, 3.8) is 0 Å². The first-order chi connectivity index (χ1) is 8.54. The SMILES string of the molecule is CCNC(Cc1c([N+](=O)[O-])c(C)nn1C)C1CC1. The van der Waals surface area contributed by atoms with E-state index in [-0.39, 0.29) is 10.6 Å². The molecule has 1 aromatic rings. The summed E-state index contributed by atoms with van der Waals surface area (Å²) in [7, 11) is 1.78. The van der Waals surface area contributed by atoms with Crippen LogP contribution in [0.15, 0.2) is 0 Å². The molecule has 0 spiro atoms. The Bertz CT molecular complexity index is 451. The third-order valence-corrected chi connectivity index (χ3v) is 3.56. The Morgan fingerprint density at radius 2 is 2.28 bits per heavy atom. The van der Waals surface area contributed by atoms with Crippen LogP contribution in [0.25, 0.3) is 0 Å². The molecule has 1 atom stereocenters. The van der Waals surface area contributed by atoms with Crippen molar-refractivity contribution in [2.45, 2.75) is 39.2 Å². The molecule has 0 saturated heterocycles. The topological polar surface area (TPSA) is 73.0 Å². The Balaban J connectivity index is 2.23. The van der Waals surface area contributed by atoms with Crippen LogP contribution in [0, 0.1) is 23.0 Å². The number of hydrogen-bond acceptors (Lipinski definition) is 4. The molecule has 1 heterocycles. The lowest BCUT2D eigenvalue weighted by molar-refractivity contribution is -0.386. The van der Waals surface area contributed by atoms with Gasteiger partial charge >= 0.3 is 5.69 Å². The molecule has 0 radical (unpaired) electrons. The molecule has 0 bridgehead atoms. The standard InChI is InChI=1S/C12H20N4O2/c1-4-13-10(9-5-6-9)7-11-12(16(17)18)8(2)14-15(11)3/h9-10,13H,4-7H2,1-3H3. The first-order valence-electron chi connectivity index (χ1n) is 6.44. The molecule has 1 fully saturated rings. The highest BCUT2D eigenvalue weighted by molar-refractivity contribution is 5.41. The Labute approximate surface area is 107 Å². The third kappa shape index (κ3) is 2.53. The zero-order valence-electron chi connectivity index (χ0n) is 11.1. The molecule has 1 N–H and O–H groups in total. The van der Waals surface area contributed by atoms with Crippen molar-refractivity contribution >= 4 is 5.69 Å². The molecule has 1 saturated carbocycles. The number of aryl methyl sites for hydroxylation is 2. The van der Waals surface area contributed by atoms with Gasteiger partial charge in [-0.1, -0.05) is 6.92 Å². The zero-order chi connectivity index (χ0) is 13.3. The highest BCUT2D eigenvalue weighted by Crippen LogP contribution is 2.35. The number of nitro groups is 1. The first-order valence-corrected chi connectivity index (χ1v) is 6.44. The number of nitrogens with one attached hydrogen (secondary N) is 1. The summed E-state index contributed by atoms with van der Waals surface area (Å²) < 4.78 is 1.65. The van der Waals surface area contributed by atoms with Gasteiger partial charge in [-0.2, -0.15) is 5.10 Å². The molecule has 0 aromatic carbocycles. The van der Waals surface area contributed by atoms with E-state index in [0.717, 1.165) is 12.2 Å². The van der Waals surface area contributed by atoms with E-state index < -0.39 is 0 Å². The van der Waals surface area contributed by atoms with Crippen molar-refractivity contribution in [3.05, 3.63) is 21.5 Å². The molecule has 1 aromatic heterocycles. The molecule has 18 heavy (non-hydrogen) atoms. The molecular formula is C12H20N4O2. The quantitative estimate of drug-likeness (QED) is 0.616. The Kier molecular flexibility index (Phi) is 3.65. The van der Waals surface area contributed by atoms with Gasteiger partial charge in [-0.25, -0.2) is 0 Å². The van der Waals surface area contributed by atoms with Crippen LogP contribution >= 0.6 is 0 Å². The normalized spacial score (nSPS) is 16.8. The van der Waals surface area contributed by atoms with Gasteiger partial charge in [0.25, 0.3) is 0 Å². The van der Waals surface area contributed by atoms with Crippen LogP contribution in [0.3, 0.4) is 0 Å². The monoisotopic (exact) mass is 252 g/mol. The maximum atomic E-state index is 11.1. The fourth-order valence-corrected chi connectivity index (χ4v) is 2.54. The van der Waals surface area contributed by atoms with E-state index >= 15 is 0 Å². The smallest absolute Gasteiger partial charge is 0.313 e. The van der Waals surface area contributed by atoms with Crippen molar-refractivity contribution in [2.24, 2.45) is 13.0 Å². The van der Waals surface area contributed by atoms with Crippen molar-refractivity contribution in [3.8, 4) is 0 Å². The van der Waals surface area contributed by atoms with Gasteiger partial charge in [0.1, 0.15) is 11.4 Å². The van der Waals surface area contributed by atoms with Crippen LogP contribution in [0.4, 0.5) is 5.69 Å². The second kappa shape index (κ2) is 5.06. The molecule has 6 heteroatoms. The molecule has 1 aliphatic rings. The molecule has 0 aliphatic heterocycles. The summed E-state index contributed by atoms with van der Waals surface area (Å²) in [6, 6.07) is 0.337. The van der Waals surface area contributed by atoms with Crippen LogP contribution in [-0.4, -0.2) is 27.3 Å². The number of hydrogen-bond donors (Lipinski definition) is 1. The summed E-state index contributed by atoms with van der Waals surface area (Å²) in [5, 5.41) is 18.7. The predicted molar refractivity (Wildman–Crippen MR) is 68.5 cm³/mol. The zero-order valence-corrected chi connectivity index (χ0v) is 11.1. The summed E-state index contributed by atoms with van der Waals surface area (Å²) in [4.78, 5) is 10.8. The maximum Gasteiger partial charge on any atom is 0.313 e. The number of rotatable bonds is 6. The Morgan fingerprint density at radius 3 is 2.78 bits per heavy atom. The van der Waals surface area contributed by atoms with Crippen molar-refractivity contribution in [1.29, 1.82) is 0 Å². The minimum Gasteiger partial charge on any atom is -0.314 e. The van der Waals surface area contributed by atoms with Gasteiger partial charge in [0.05, 0.1) is 4.92 Å². The summed E-state index contributed by atoms with van der Waals surface area (Å²) in [5.41, 5.74) is 1.42. The fourth-order valence-electron chi connectivity index (χ4n) is 2.54. The number of likely N-dealkylation sites (N-methyl/N-ethyl adjacent to an activating group) is 1. The van der Waals surface area contributed by atoms with Gasteiger partial charge in [-0.05, 0) is 32.2 Å². The van der Waals surface area contributed by atoms with Crippen LogP contribution in [0.5, 0.6) is 0 Å². The minimum absolute atomic E-state index is 0.182. The highest BCUT2D eigenvalue weighted by Gasteiger charge is 2.34. The predicted octanol–water partition coefficient (Wildman–Crippen LogP) is 1.57. The van der Waals surface area contributed by atoms with Gasteiger partial charge < -0.3 is 5.32 Å². The van der Waals surface area contributed by atoms with E-state index in [4.69, 9.17) is 0 Å². The van der Waals surface area contributed by atoms with Crippen molar-refractivity contribution in [2.75, 3.05) is 6.54 Å².